The monoisotopic (exact) mass is 372 g/mol. The molecule has 1 aliphatic heterocycles. The molecule has 2 aromatic rings. The molecule has 0 radical (unpaired) electrons. The first kappa shape index (κ1) is 15.6. The quantitative estimate of drug-likeness (QED) is 0.859. The van der Waals surface area contributed by atoms with Crippen LogP contribution < -0.4 is 10.1 Å². The summed E-state index contributed by atoms with van der Waals surface area (Å²) in [5, 5.41) is 13.1. The molecule has 0 aliphatic carbocycles. The molecule has 2 N–H and O–H groups in total. The van der Waals surface area contributed by atoms with Gasteiger partial charge in [0, 0.05) is 23.4 Å². The number of methoxy groups -OCH3 is 1. The minimum absolute atomic E-state index is 0.149. The molecular weight excluding hydrogens is 356 g/mol. The van der Waals surface area contributed by atoms with E-state index < -0.39 is 0 Å². The number of hydrogen-bond acceptors (Lipinski definition) is 4. The van der Waals surface area contributed by atoms with Gasteiger partial charge >= 0.3 is 0 Å². The van der Waals surface area contributed by atoms with E-state index in [0.717, 1.165) is 21.2 Å². The SMILES string of the molecule is COc1ccc(CNC=C2CN=Cc3ccc(Br)cc32)cc1O. The summed E-state index contributed by atoms with van der Waals surface area (Å²) in [5.41, 5.74) is 4.42. The van der Waals surface area contributed by atoms with Crippen LogP contribution in [0, 0.1) is 0 Å². The lowest BCUT2D eigenvalue weighted by molar-refractivity contribution is 0.373. The molecule has 0 bridgehead atoms. The van der Waals surface area contributed by atoms with E-state index in [1.807, 2.05) is 24.5 Å². The molecule has 1 aliphatic rings. The lowest BCUT2D eigenvalue weighted by Gasteiger charge is -2.15. The highest BCUT2D eigenvalue weighted by Crippen LogP contribution is 2.27. The van der Waals surface area contributed by atoms with Crippen molar-refractivity contribution in [3.8, 4) is 11.5 Å². The minimum atomic E-state index is 0.149. The number of halogens is 1. The highest BCUT2D eigenvalue weighted by Gasteiger charge is 2.11. The lowest BCUT2D eigenvalue weighted by atomic mass is 9.99. The molecule has 0 fully saturated rings. The van der Waals surface area contributed by atoms with Gasteiger partial charge in [0.15, 0.2) is 11.5 Å². The van der Waals surface area contributed by atoms with E-state index >= 15 is 0 Å². The van der Waals surface area contributed by atoms with Gasteiger partial charge in [-0.25, -0.2) is 0 Å². The van der Waals surface area contributed by atoms with Crippen LogP contribution in [0.2, 0.25) is 0 Å². The zero-order valence-corrected chi connectivity index (χ0v) is 14.3. The van der Waals surface area contributed by atoms with E-state index in [4.69, 9.17) is 4.74 Å². The van der Waals surface area contributed by atoms with Crippen LogP contribution >= 0.6 is 15.9 Å². The molecule has 1 heterocycles. The van der Waals surface area contributed by atoms with Crippen LogP contribution in [0.5, 0.6) is 11.5 Å². The van der Waals surface area contributed by atoms with Crippen molar-refractivity contribution in [3.05, 3.63) is 63.8 Å². The topological polar surface area (TPSA) is 53.8 Å². The van der Waals surface area contributed by atoms with Crippen molar-refractivity contribution in [1.82, 2.24) is 5.32 Å². The zero-order chi connectivity index (χ0) is 16.2. The molecule has 23 heavy (non-hydrogen) atoms. The molecule has 0 spiro atoms. The van der Waals surface area contributed by atoms with Crippen molar-refractivity contribution in [2.24, 2.45) is 4.99 Å². The third-order valence-electron chi connectivity index (χ3n) is 3.68. The van der Waals surface area contributed by atoms with E-state index in [0.29, 0.717) is 18.8 Å². The summed E-state index contributed by atoms with van der Waals surface area (Å²) in [7, 11) is 1.54. The van der Waals surface area contributed by atoms with Crippen LogP contribution in [0.25, 0.3) is 5.57 Å². The second-order valence-electron chi connectivity index (χ2n) is 5.26. The Morgan fingerprint density at radius 2 is 2.17 bits per heavy atom. The third-order valence-corrected chi connectivity index (χ3v) is 4.17. The van der Waals surface area contributed by atoms with Crippen LogP contribution in [0.4, 0.5) is 0 Å². The van der Waals surface area contributed by atoms with Crippen molar-refractivity contribution < 1.29 is 9.84 Å². The number of benzene rings is 2. The second-order valence-corrected chi connectivity index (χ2v) is 6.17. The number of fused-ring (bicyclic) bond motifs is 1. The maximum absolute atomic E-state index is 9.81. The van der Waals surface area contributed by atoms with Gasteiger partial charge in [-0.2, -0.15) is 0 Å². The average molecular weight is 373 g/mol. The largest absolute Gasteiger partial charge is 0.504 e. The van der Waals surface area contributed by atoms with E-state index in [-0.39, 0.29) is 5.75 Å². The van der Waals surface area contributed by atoms with E-state index in [1.54, 1.807) is 12.1 Å². The Kier molecular flexibility index (Phi) is 4.67. The molecule has 0 aromatic heterocycles. The Balaban J connectivity index is 1.73. The first-order chi connectivity index (χ1) is 11.2. The molecular formula is C18H17BrN2O2. The summed E-state index contributed by atoms with van der Waals surface area (Å²) < 4.78 is 6.10. The number of nitrogens with one attached hydrogen (secondary N) is 1. The predicted octanol–water partition coefficient (Wildman–Crippen LogP) is 3.73. The van der Waals surface area contributed by atoms with Crippen molar-refractivity contribution in [1.29, 1.82) is 0 Å². The molecule has 3 rings (SSSR count). The molecule has 0 atom stereocenters. The summed E-state index contributed by atoms with van der Waals surface area (Å²) >= 11 is 3.51. The normalized spacial score (nSPS) is 14.6. The number of ether oxygens (including phenoxy) is 1. The molecule has 4 nitrogen and oxygen atoms in total. The van der Waals surface area contributed by atoms with Gasteiger partial charge in [0.2, 0.25) is 0 Å². The van der Waals surface area contributed by atoms with Crippen LogP contribution in [-0.2, 0) is 6.54 Å². The zero-order valence-electron chi connectivity index (χ0n) is 12.7. The van der Waals surface area contributed by atoms with Gasteiger partial charge in [-0.1, -0.05) is 28.1 Å². The Bertz CT molecular complexity index is 785. The first-order valence-electron chi connectivity index (χ1n) is 7.25. The van der Waals surface area contributed by atoms with Crippen LogP contribution in [-0.4, -0.2) is 25.0 Å². The summed E-state index contributed by atoms with van der Waals surface area (Å²) in [6.07, 6.45) is 3.89. The molecule has 2 aromatic carbocycles. The van der Waals surface area contributed by atoms with Gasteiger partial charge in [0.1, 0.15) is 0 Å². The number of aromatic hydroxyl groups is 1. The minimum Gasteiger partial charge on any atom is -0.504 e. The standard InChI is InChI=1S/C18H17BrN2O2/c1-23-18-5-2-12(6-17(18)22)8-20-10-14-11-21-9-13-3-4-15(19)7-16(13)14/h2-7,9-10,20,22H,8,11H2,1H3. The number of phenols is 1. The Hall–Kier alpha value is -2.27. The number of nitrogens with zero attached hydrogens (tertiary/aromatic N) is 1. The summed E-state index contributed by atoms with van der Waals surface area (Å²) in [4.78, 5) is 4.39. The van der Waals surface area contributed by atoms with E-state index in [9.17, 15) is 5.11 Å². The van der Waals surface area contributed by atoms with Crippen LogP contribution in [0.15, 0.2) is 52.1 Å². The second kappa shape index (κ2) is 6.87. The third kappa shape index (κ3) is 3.56. The fourth-order valence-corrected chi connectivity index (χ4v) is 2.87. The molecule has 118 valence electrons. The van der Waals surface area contributed by atoms with E-state index in [2.05, 4.69) is 38.4 Å². The Morgan fingerprint density at radius 3 is 2.96 bits per heavy atom. The fraction of sp³-hybridized carbons (Fsp3) is 0.167. The summed E-state index contributed by atoms with van der Waals surface area (Å²) in [6, 6.07) is 11.6. The van der Waals surface area contributed by atoms with E-state index in [1.165, 1.54) is 12.7 Å². The average Bonchev–Trinajstić information content (AvgIpc) is 2.55. The summed E-state index contributed by atoms with van der Waals surface area (Å²) in [5.74, 6) is 0.628. The lowest BCUT2D eigenvalue weighted by Crippen LogP contribution is -2.09. The number of hydrogen-bond donors (Lipinski definition) is 2. The van der Waals surface area contributed by atoms with Gasteiger partial charge in [-0.05, 0) is 46.5 Å². The Morgan fingerprint density at radius 1 is 1.30 bits per heavy atom. The van der Waals surface area contributed by atoms with Gasteiger partial charge in [0.05, 0.1) is 13.7 Å². The molecule has 0 saturated carbocycles. The number of aliphatic imine (C=N–C) groups is 1. The predicted molar refractivity (Wildman–Crippen MR) is 96.1 cm³/mol. The van der Waals surface area contributed by atoms with Gasteiger partial charge in [-0.3, -0.25) is 4.99 Å². The highest BCUT2D eigenvalue weighted by molar-refractivity contribution is 9.10. The van der Waals surface area contributed by atoms with Crippen molar-refractivity contribution in [2.75, 3.05) is 13.7 Å². The van der Waals surface area contributed by atoms with Gasteiger partial charge < -0.3 is 15.2 Å². The molecule has 0 unspecified atom stereocenters. The van der Waals surface area contributed by atoms with Crippen LogP contribution in [0.1, 0.15) is 16.7 Å². The molecule has 0 saturated heterocycles. The van der Waals surface area contributed by atoms with Crippen LogP contribution in [0.3, 0.4) is 0 Å². The molecule has 0 amide bonds. The Labute approximate surface area is 143 Å². The first-order valence-corrected chi connectivity index (χ1v) is 8.05. The fourth-order valence-electron chi connectivity index (χ4n) is 2.51. The molecule has 5 heteroatoms. The maximum Gasteiger partial charge on any atom is 0.160 e. The van der Waals surface area contributed by atoms with Crippen molar-refractivity contribution >= 4 is 27.7 Å². The maximum atomic E-state index is 9.81. The van der Waals surface area contributed by atoms with Crippen molar-refractivity contribution in [3.63, 3.8) is 0 Å². The number of phenolic OH excluding ortho intramolecular Hbond substituents is 1. The summed E-state index contributed by atoms with van der Waals surface area (Å²) in [6.45, 7) is 1.28. The van der Waals surface area contributed by atoms with Gasteiger partial charge in [0.25, 0.3) is 0 Å². The highest BCUT2D eigenvalue weighted by atomic mass is 79.9. The smallest absolute Gasteiger partial charge is 0.160 e. The van der Waals surface area contributed by atoms with Crippen molar-refractivity contribution in [2.45, 2.75) is 6.54 Å². The number of rotatable bonds is 4. The van der Waals surface area contributed by atoms with Gasteiger partial charge in [-0.15, -0.1) is 0 Å².